The summed E-state index contributed by atoms with van der Waals surface area (Å²) >= 11 is 0. The standard InChI is InChI=1S/C32H32FN3O3Si/c1-23-14-16-25(17-15-23)36(32-28-20-31(38-3)30(37)21-29(28)34-22-35-32)39-40(19-18-24(2)33,26-10-6-4-7-11-26)27-12-8-5-9-13-27/h4-17,20-22,24,37H,18-19H2,1-3H3. The second-order valence-electron chi connectivity index (χ2n) is 9.84. The van der Waals surface area contributed by atoms with E-state index in [1.165, 1.54) is 13.4 Å². The molecule has 8 heteroatoms. The Labute approximate surface area is 234 Å². The number of anilines is 2. The number of methoxy groups -OCH3 is 1. The molecule has 1 atom stereocenters. The van der Waals surface area contributed by atoms with E-state index < -0.39 is 14.5 Å². The summed E-state index contributed by atoms with van der Waals surface area (Å²) in [4.78, 5) is 9.07. The summed E-state index contributed by atoms with van der Waals surface area (Å²) in [5.41, 5.74) is 2.39. The molecule has 0 aliphatic heterocycles. The summed E-state index contributed by atoms with van der Waals surface area (Å²) in [5.74, 6) is 0.772. The number of fused-ring (bicyclic) bond motifs is 1. The summed E-state index contributed by atoms with van der Waals surface area (Å²) in [6.07, 6.45) is 0.790. The van der Waals surface area contributed by atoms with Crippen molar-refractivity contribution < 1.29 is 18.8 Å². The second-order valence-corrected chi connectivity index (χ2v) is 13.3. The van der Waals surface area contributed by atoms with Gasteiger partial charge in [0.1, 0.15) is 6.33 Å². The molecule has 4 aromatic carbocycles. The van der Waals surface area contributed by atoms with Gasteiger partial charge in [0.2, 0.25) is 0 Å². The lowest BCUT2D eigenvalue weighted by Gasteiger charge is -2.38. The van der Waals surface area contributed by atoms with E-state index in [-0.39, 0.29) is 5.75 Å². The number of aromatic hydroxyl groups is 1. The normalized spacial score (nSPS) is 12.3. The van der Waals surface area contributed by atoms with Crippen molar-refractivity contribution in [3.8, 4) is 11.5 Å². The number of halogens is 1. The molecule has 5 rings (SSSR count). The van der Waals surface area contributed by atoms with Gasteiger partial charge in [0.25, 0.3) is 8.32 Å². The summed E-state index contributed by atoms with van der Waals surface area (Å²) < 4.78 is 27.2. The first-order valence-electron chi connectivity index (χ1n) is 13.2. The zero-order chi connectivity index (χ0) is 28.1. The van der Waals surface area contributed by atoms with Crippen LogP contribution in [0.2, 0.25) is 6.04 Å². The van der Waals surface area contributed by atoms with Gasteiger partial charge >= 0.3 is 0 Å². The molecule has 0 radical (unpaired) electrons. The van der Waals surface area contributed by atoms with E-state index in [1.807, 2.05) is 67.6 Å². The predicted molar refractivity (Wildman–Crippen MR) is 160 cm³/mol. The molecule has 204 valence electrons. The molecule has 0 amide bonds. The zero-order valence-corrected chi connectivity index (χ0v) is 23.8. The van der Waals surface area contributed by atoms with Gasteiger partial charge in [-0.2, -0.15) is 0 Å². The lowest BCUT2D eigenvalue weighted by atomic mass is 10.2. The highest BCUT2D eigenvalue weighted by atomic mass is 28.4. The molecule has 0 bridgehead atoms. The van der Waals surface area contributed by atoms with Crippen LogP contribution in [-0.2, 0) is 4.53 Å². The summed E-state index contributed by atoms with van der Waals surface area (Å²) in [6.45, 7) is 3.61. The minimum atomic E-state index is -3.13. The molecular formula is C32H32FN3O3Si. The van der Waals surface area contributed by atoms with Gasteiger partial charge in [0.05, 0.1) is 24.5 Å². The van der Waals surface area contributed by atoms with E-state index in [1.54, 1.807) is 24.1 Å². The average Bonchev–Trinajstić information content (AvgIpc) is 2.98. The van der Waals surface area contributed by atoms with Gasteiger partial charge in [-0.1, -0.05) is 78.4 Å². The van der Waals surface area contributed by atoms with Crippen molar-refractivity contribution in [2.45, 2.75) is 32.5 Å². The Morgan fingerprint density at radius 2 is 1.52 bits per heavy atom. The maximum atomic E-state index is 14.5. The van der Waals surface area contributed by atoms with Gasteiger partial charge in [-0.05, 0) is 54.9 Å². The van der Waals surface area contributed by atoms with Crippen molar-refractivity contribution in [3.05, 3.63) is 109 Å². The number of benzene rings is 4. The van der Waals surface area contributed by atoms with Gasteiger partial charge in [0.15, 0.2) is 17.3 Å². The predicted octanol–water partition coefficient (Wildman–Crippen LogP) is 6.23. The number of phenols is 1. The molecule has 0 saturated carbocycles. The van der Waals surface area contributed by atoms with E-state index in [9.17, 15) is 9.50 Å². The van der Waals surface area contributed by atoms with Crippen LogP contribution in [0.5, 0.6) is 11.5 Å². The number of aryl methyl sites for hydroxylation is 1. The number of nitrogens with zero attached hydrogens (tertiary/aromatic N) is 3. The Bertz CT molecular complexity index is 1530. The van der Waals surface area contributed by atoms with Gasteiger partial charge in [-0.15, -0.1) is 0 Å². The molecule has 40 heavy (non-hydrogen) atoms. The zero-order valence-electron chi connectivity index (χ0n) is 22.8. The lowest BCUT2D eigenvalue weighted by molar-refractivity contribution is 0.306. The van der Waals surface area contributed by atoms with Gasteiger partial charge in [-0.25, -0.2) is 19.4 Å². The third-order valence-electron chi connectivity index (χ3n) is 7.00. The quantitative estimate of drug-likeness (QED) is 0.163. The molecule has 1 aromatic heterocycles. The van der Waals surface area contributed by atoms with E-state index in [0.717, 1.165) is 21.6 Å². The van der Waals surface area contributed by atoms with Gasteiger partial charge in [0, 0.05) is 11.5 Å². The van der Waals surface area contributed by atoms with E-state index in [2.05, 4.69) is 34.2 Å². The highest BCUT2D eigenvalue weighted by Crippen LogP contribution is 2.37. The Morgan fingerprint density at radius 1 is 0.900 bits per heavy atom. The summed E-state index contributed by atoms with van der Waals surface area (Å²) in [7, 11) is -1.63. The van der Waals surface area contributed by atoms with Crippen LogP contribution in [0.4, 0.5) is 15.9 Å². The number of hydrogen-bond acceptors (Lipinski definition) is 6. The fourth-order valence-electron chi connectivity index (χ4n) is 4.86. The number of hydrogen-bond donors (Lipinski definition) is 1. The smallest absolute Gasteiger partial charge is 0.291 e. The topological polar surface area (TPSA) is 67.7 Å². The molecular weight excluding hydrogens is 521 g/mol. The number of ether oxygens (including phenoxy) is 1. The van der Waals surface area contributed by atoms with Crippen LogP contribution < -0.4 is 20.2 Å². The van der Waals surface area contributed by atoms with Crippen molar-refractivity contribution in [2.24, 2.45) is 0 Å². The van der Waals surface area contributed by atoms with Crippen LogP contribution in [-0.4, -0.2) is 36.7 Å². The van der Waals surface area contributed by atoms with Gasteiger partial charge < -0.3 is 14.4 Å². The first-order chi connectivity index (χ1) is 19.4. The van der Waals surface area contributed by atoms with Crippen LogP contribution in [0.3, 0.4) is 0 Å². The van der Waals surface area contributed by atoms with Gasteiger partial charge in [-0.3, -0.25) is 0 Å². The van der Waals surface area contributed by atoms with Crippen LogP contribution in [0.25, 0.3) is 10.9 Å². The molecule has 0 aliphatic carbocycles. The minimum Gasteiger partial charge on any atom is -0.504 e. The molecule has 0 fully saturated rings. The van der Waals surface area contributed by atoms with Crippen molar-refractivity contribution >= 4 is 41.1 Å². The summed E-state index contributed by atoms with van der Waals surface area (Å²) in [6, 6.07) is 31.9. The number of rotatable bonds is 10. The maximum absolute atomic E-state index is 14.5. The molecule has 6 nitrogen and oxygen atoms in total. The van der Waals surface area contributed by atoms with Crippen molar-refractivity contribution in [2.75, 3.05) is 12.2 Å². The molecule has 0 spiro atoms. The van der Waals surface area contributed by atoms with Crippen molar-refractivity contribution in [1.82, 2.24) is 9.97 Å². The number of aromatic nitrogens is 2. The largest absolute Gasteiger partial charge is 0.504 e. The highest BCUT2D eigenvalue weighted by Gasteiger charge is 2.43. The molecule has 1 heterocycles. The molecule has 1 N–H and O–H groups in total. The Morgan fingerprint density at radius 3 is 2.10 bits per heavy atom. The fraction of sp³-hybridized carbons (Fsp3) is 0.188. The summed E-state index contributed by atoms with van der Waals surface area (Å²) in [5, 5.41) is 14.9. The van der Waals surface area contributed by atoms with Crippen LogP contribution in [0, 0.1) is 6.92 Å². The molecule has 1 unspecified atom stereocenters. The Hall–Kier alpha value is -4.27. The number of alkyl halides is 1. The first-order valence-corrected chi connectivity index (χ1v) is 15.4. The van der Waals surface area contributed by atoms with Crippen LogP contribution in [0.15, 0.2) is 103 Å². The monoisotopic (exact) mass is 553 g/mol. The highest BCUT2D eigenvalue weighted by molar-refractivity contribution is 6.97. The third-order valence-corrected chi connectivity index (χ3v) is 11.0. The lowest BCUT2D eigenvalue weighted by Crippen LogP contribution is -2.63. The van der Waals surface area contributed by atoms with Crippen LogP contribution >= 0.6 is 0 Å². The van der Waals surface area contributed by atoms with Crippen molar-refractivity contribution in [1.29, 1.82) is 0 Å². The van der Waals surface area contributed by atoms with E-state index in [0.29, 0.717) is 34.9 Å². The van der Waals surface area contributed by atoms with E-state index >= 15 is 0 Å². The SMILES string of the molecule is COc1cc2c(N(O[Si](CCC(C)F)(c3ccccc3)c3ccccc3)c3ccc(C)cc3)ncnc2cc1O. The average molecular weight is 554 g/mol. The Balaban J connectivity index is 1.78. The van der Waals surface area contributed by atoms with E-state index in [4.69, 9.17) is 9.26 Å². The molecule has 0 aliphatic rings. The molecule has 0 saturated heterocycles. The second kappa shape index (κ2) is 11.9. The third kappa shape index (κ3) is 5.54. The minimum absolute atomic E-state index is 0.0170. The van der Waals surface area contributed by atoms with Crippen LogP contribution in [0.1, 0.15) is 18.9 Å². The first kappa shape index (κ1) is 27.3. The fourth-order valence-corrected chi connectivity index (χ4v) is 8.84. The maximum Gasteiger partial charge on any atom is 0.291 e. The number of phenolic OH excluding ortho intramolecular Hbond substituents is 1. The van der Waals surface area contributed by atoms with Crippen molar-refractivity contribution in [3.63, 3.8) is 0 Å². The Kier molecular flexibility index (Phi) is 8.09. The molecule has 5 aromatic rings.